The van der Waals surface area contributed by atoms with Crippen LogP contribution in [0.1, 0.15) is 41.5 Å². The maximum atomic E-state index is 11.9. The number of hydrogen-bond donors (Lipinski definition) is 1. The van der Waals surface area contributed by atoms with Gasteiger partial charge >= 0.3 is 0 Å². The molecule has 0 aliphatic carbocycles. The van der Waals surface area contributed by atoms with Crippen LogP contribution in [0.3, 0.4) is 0 Å². The Balaban J connectivity index is 2.93. The van der Waals surface area contributed by atoms with E-state index in [4.69, 9.17) is 4.43 Å². The first-order valence-corrected chi connectivity index (χ1v) is 8.47. The van der Waals surface area contributed by atoms with Crippen molar-refractivity contribution in [1.29, 1.82) is 0 Å². The van der Waals surface area contributed by atoms with Gasteiger partial charge in [-0.15, -0.1) is 11.8 Å². The van der Waals surface area contributed by atoms with E-state index in [1.807, 2.05) is 11.8 Å². The molecule has 18 heavy (non-hydrogen) atoms. The van der Waals surface area contributed by atoms with E-state index >= 15 is 0 Å². The Morgan fingerprint density at radius 3 is 2.28 bits per heavy atom. The molecule has 5 heteroatoms. The molecule has 1 amide bonds. The van der Waals surface area contributed by atoms with Crippen LogP contribution in [0.25, 0.3) is 0 Å². The van der Waals surface area contributed by atoms with Gasteiger partial charge in [0.25, 0.3) is 0 Å². The van der Waals surface area contributed by atoms with E-state index in [1.54, 1.807) is 0 Å². The first kappa shape index (κ1) is 16.1. The molecule has 0 saturated carbocycles. The van der Waals surface area contributed by atoms with Crippen molar-refractivity contribution in [3.8, 4) is 0 Å². The van der Waals surface area contributed by atoms with Crippen molar-refractivity contribution < 1.29 is 9.22 Å². The molecule has 0 radical (unpaired) electrons. The van der Waals surface area contributed by atoms with Gasteiger partial charge in [0.1, 0.15) is 10.5 Å². The van der Waals surface area contributed by atoms with Crippen molar-refractivity contribution in [2.45, 2.75) is 53.0 Å². The van der Waals surface area contributed by atoms with Crippen LogP contribution >= 0.6 is 11.8 Å². The summed E-state index contributed by atoms with van der Waals surface area (Å²) >= 11 is 1.82. The molecule has 1 aliphatic rings. The lowest BCUT2D eigenvalue weighted by Gasteiger charge is -2.52. The summed E-state index contributed by atoms with van der Waals surface area (Å²) in [4.78, 5) is 11.9. The lowest BCUT2D eigenvalue weighted by atomic mass is 9.64. The number of amides is 1. The van der Waals surface area contributed by atoms with Crippen LogP contribution in [-0.2, 0) is 9.22 Å². The summed E-state index contributed by atoms with van der Waals surface area (Å²) in [5, 5.41) is 3.26. The second kappa shape index (κ2) is 5.55. The van der Waals surface area contributed by atoms with Crippen molar-refractivity contribution in [3.05, 3.63) is 0 Å². The average molecular weight is 290 g/mol. The number of nitrogens with one attached hydrogen (secondary N) is 1. The van der Waals surface area contributed by atoms with E-state index in [9.17, 15) is 4.79 Å². The molecule has 0 spiro atoms. The summed E-state index contributed by atoms with van der Waals surface area (Å²) in [6.07, 6.45) is 0.118. The van der Waals surface area contributed by atoms with Crippen molar-refractivity contribution in [3.63, 3.8) is 0 Å². The van der Waals surface area contributed by atoms with Gasteiger partial charge in [0.2, 0.25) is 5.91 Å². The molecule has 1 N–H and O–H groups in total. The summed E-state index contributed by atoms with van der Waals surface area (Å²) in [6, 6.07) is 0. The third-order valence-electron chi connectivity index (χ3n) is 3.72. The van der Waals surface area contributed by atoms with Gasteiger partial charge in [0.05, 0.1) is 17.4 Å². The van der Waals surface area contributed by atoms with E-state index in [-0.39, 0.29) is 34.1 Å². The fraction of sp³-hybridized carbons (Fsp3) is 0.923. The Morgan fingerprint density at radius 1 is 1.39 bits per heavy atom. The topological polar surface area (TPSA) is 38.3 Å². The third-order valence-corrected chi connectivity index (χ3v) is 5.27. The van der Waals surface area contributed by atoms with Gasteiger partial charge in [-0.25, -0.2) is 0 Å². The molecular formula is C13H27NO2SSi. The highest BCUT2D eigenvalue weighted by molar-refractivity contribution is 8.00. The highest BCUT2D eigenvalue weighted by Crippen LogP contribution is 2.47. The molecule has 1 fully saturated rings. The van der Waals surface area contributed by atoms with Crippen LogP contribution in [0.4, 0.5) is 0 Å². The van der Waals surface area contributed by atoms with Crippen LogP contribution < -0.4 is 5.32 Å². The molecular weight excluding hydrogens is 262 g/mol. The van der Waals surface area contributed by atoms with Crippen molar-refractivity contribution in [2.24, 2.45) is 16.7 Å². The van der Waals surface area contributed by atoms with Gasteiger partial charge in [0, 0.05) is 5.41 Å². The van der Waals surface area contributed by atoms with Crippen LogP contribution in [0.5, 0.6) is 0 Å². The lowest BCUT2D eigenvalue weighted by molar-refractivity contribution is -0.145. The maximum absolute atomic E-state index is 11.9. The Morgan fingerprint density at radius 2 is 1.94 bits per heavy atom. The van der Waals surface area contributed by atoms with Crippen molar-refractivity contribution in [2.75, 3.05) is 5.75 Å². The van der Waals surface area contributed by atoms with Crippen LogP contribution in [0, 0.1) is 16.7 Å². The predicted molar refractivity (Wildman–Crippen MR) is 81.6 cm³/mol. The minimum absolute atomic E-state index is 0.0561. The van der Waals surface area contributed by atoms with Crippen molar-refractivity contribution in [1.82, 2.24) is 5.32 Å². The summed E-state index contributed by atoms with van der Waals surface area (Å²) < 4.78 is 5.86. The van der Waals surface area contributed by atoms with Gasteiger partial charge in [-0.2, -0.15) is 0 Å². The second-order valence-corrected chi connectivity index (χ2v) is 8.56. The van der Waals surface area contributed by atoms with E-state index in [1.165, 1.54) is 0 Å². The SMILES string of the molecule is CCSC1NC(=O)C1C(C)(C)C(O[SiH3])C(C)(C)C. The molecule has 3 nitrogen and oxygen atoms in total. The zero-order valence-corrected chi connectivity index (χ0v) is 15.5. The standard InChI is InChI=1S/C13H27NO2SSi/c1-7-17-10-8(9(15)14-10)13(5,6)11(16-18)12(2,3)4/h8,10-11H,7H2,1-6,18H3,(H,14,15). The van der Waals surface area contributed by atoms with Crippen molar-refractivity contribution >= 4 is 28.2 Å². The lowest BCUT2D eigenvalue weighted by Crippen LogP contribution is -2.65. The number of rotatable bonds is 5. The molecule has 3 unspecified atom stereocenters. The van der Waals surface area contributed by atoms with E-state index in [0.29, 0.717) is 10.5 Å². The van der Waals surface area contributed by atoms with Gasteiger partial charge in [0.15, 0.2) is 0 Å². The molecule has 0 aromatic heterocycles. The number of hydrogen-bond acceptors (Lipinski definition) is 3. The quantitative estimate of drug-likeness (QED) is 0.616. The summed E-state index contributed by atoms with van der Waals surface area (Å²) in [7, 11) is 0.707. The highest BCUT2D eigenvalue weighted by atomic mass is 32.2. The minimum Gasteiger partial charge on any atom is -0.424 e. The molecule has 1 rings (SSSR count). The monoisotopic (exact) mass is 289 g/mol. The minimum atomic E-state index is -0.130. The summed E-state index contributed by atoms with van der Waals surface area (Å²) in [5.74, 6) is 1.26. The number of carbonyl (C=O) groups excluding carboxylic acids is 1. The first-order chi connectivity index (χ1) is 8.16. The van der Waals surface area contributed by atoms with Gasteiger partial charge in [-0.1, -0.05) is 41.5 Å². The van der Waals surface area contributed by atoms with Gasteiger partial charge < -0.3 is 9.74 Å². The fourth-order valence-electron chi connectivity index (χ4n) is 3.34. The Kier molecular flexibility index (Phi) is 4.95. The summed E-state index contributed by atoms with van der Waals surface area (Å²) in [6.45, 7) is 13.0. The zero-order valence-electron chi connectivity index (χ0n) is 12.7. The van der Waals surface area contributed by atoms with E-state index in [2.05, 4.69) is 46.9 Å². The third kappa shape index (κ3) is 2.94. The fourth-order valence-corrected chi connectivity index (χ4v) is 5.88. The number of thioether (sulfide) groups is 1. The number of β-lactam (4-membered cyclic amide) rings is 1. The molecule has 106 valence electrons. The zero-order chi connectivity index (χ0) is 14.1. The Labute approximate surface area is 118 Å². The average Bonchev–Trinajstić information content (AvgIpc) is 2.13. The molecule has 0 aromatic carbocycles. The normalized spacial score (nSPS) is 26.7. The molecule has 0 aromatic rings. The molecule has 1 heterocycles. The highest BCUT2D eigenvalue weighted by Gasteiger charge is 2.54. The Hall–Kier alpha value is -0.00312. The van der Waals surface area contributed by atoms with Gasteiger partial charge in [-0.3, -0.25) is 4.79 Å². The molecule has 1 saturated heterocycles. The van der Waals surface area contributed by atoms with Crippen LogP contribution in [-0.4, -0.2) is 33.6 Å². The smallest absolute Gasteiger partial charge is 0.227 e. The van der Waals surface area contributed by atoms with Crippen LogP contribution in [0.15, 0.2) is 0 Å². The Bertz CT molecular complexity index is 315. The summed E-state index contributed by atoms with van der Waals surface area (Å²) in [5.41, 5.74) is -0.0717. The van der Waals surface area contributed by atoms with Crippen LogP contribution in [0.2, 0.25) is 0 Å². The second-order valence-electron chi connectivity index (χ2n) is 6.67. The van der Waals surface area contributed by atoms with E-state index < -0.39 is 0 Å². The number of carbonyl (C=O) groups is 1. The maximum Gasteiger partial charge on any atom is 0.227 e. The van der Waals surface area contributed by atoms with Gasteiger partial charge in [-0.05, 0) is 11.2 Å². The largest absolute Gasteiger partial charge is 0.424 e. The molecule has 1 aliphatic heterocycles. The first-order valence-electron chi connectivity index (χ1n) is 6.61. The molecule has 0 bridgehead atoms. The molecule has 3 atom stereocenters. The predicted octanol–water partition coefficient (Wildman–Crippen LogP) is 1.55. The van der Waals surface area contributed by atoms with E-state index in [0.717, 1.165) is 5.75 Å².